The Labute approximate surface area is 146 Å². The molecule has 5 heteroatoms. The molecule has 0 aliphatic heterocycles. The van der Waals surface area contributed by atoms with Crippen LogP contribution in [0.4, 0.5) is 11.4 Å². The van der Waals surface area contributed by atoms with Crippen molar-refractivity contribution in [2.45, 2.75) is 26.3 Å². The first kappa shape index (κ1) is 18.5. The van der Waals surface area contributed by atoms with Crippen molar-refractivity contribution < 1.29 is 4.79 Å². The first-order valence-electron chi connectivity index (χ1n) is 7.06. The summed E-state index contributed by atoms with van der Waals surface area (Å²) in [4.78, 5) is 11.6. The molecule has 0 bridgehead atoms. The number of nitrogens with one attached hydrogen (secondary N) is 2. The number of benzene rings is 2. The smallest absolute Gasteiger partial charge is 0.224 e. The molecule has 0 spiro atoms. The van der Waals surface area contributed by atoms with Crippen molar-refractivity contribution in [3.8, 4) is 0 Å². The molecule has 2 rings (SSSR count). The first-order valence-corrected chi connectivity index (χ1v) is 7.85. The van der Waals surface area contributed by atoms with Gasteiger partial charge in [-0.05, 0) is 36.2 Å². The molecule has 0 unspecified atom stereocenters. The van der Waals surface area contributed by atoms with Crippen molar-refractivity contribution in [2.24, 2.45) is 0 Å². The monoisotopic (exact) mass is 382 g/mol. The topological polar surface area (TPSA) is 41.1 Å². The number of rotatable bonds is 6. The molecule has 22 heavy (non-hydrogen) atoms. The number of halogens is 2. The first-order chi connectivity index (χ1) is 10.2. The maximum Gasteiger partial charge on any atom is 0.224 e. The quantitative estimate of drug-likeness (QED) is 0.718. The number of carbonyl (C=O) groups is 1. The van der Waals surface area contributed by atoms with Gasteiger partial charge in [-0.2, -0.15) is 0 Å². The van der Waals surface area contributed by atoms with Gasteiger partial charge in [-0.25, -0.2) is 0 Å². The van der Waals surface area contributed by atoms with Crippen LogP contribution in [-0.4, -0.2) is 5.91 Å². The van der Waals surface area contributed by atoms with E-state index >= 15 is 0 Å². The van der Waals surface area contributed by atoms with E-state index in [1.54, 1.807) is 0 Å². The van der Waals surface area contributed by atoms with Gasteiger partial charge in [0.05, 0.1) is 0 Å². The van der Waals surface area contributed by atoms with Gasteiger partial charge < -0.3 is 10.6 Å². The van der Waals surface area contributed by atoms with Crippen LogP contribution in [0.5, 0.6) is 0 Å². The fourth-order valence-electron chi connectivity index (χ4n) is 2.00. The lowest BCUT2D eigenvalue weighted by Crippen LogP contribution is -2.10. The van der Waals surface area contributed by atoms with Gasteiger partial charge in [-0.15, -0.1) is 12.4 Å². The summed E-state index contributed by atoms with van der Waals surface area (Å²) < 4.78 is 1.09. The molecule has 0 atom stereocenters. The standard InChI is InChI=1S/C17H19BrN2O.ClH/c1-2-6-17(21)20-15-9-5-8-14(11-15)19-12-13-7-3-4-10-16(13)18;/h3-5,7-11,19H,2,6,12H2,1H3,(H,20,21);1H. The third-order valence-corrected chi connectivity index (χ3v) is 3.84. The summed E-state index contributed by atoms with van der Waals surface area (Å²) in [7, 11) is 0. The molecule has 2 aromatic carbocycles. The van der Waals surface area contributed by atoms with Crippen LogP contribution in [0.1, 0.15) is 25.3 Å². The summed E-state index contributed by atoms with van der Waals surface area (Å²) in [6.07, 6.45) is 1.40. The zero-order valence-electron chi connectivity index (χ0n) is 12.4. The summed E-state index contributed by atoms with van der Waals surface area (Å²) in [5.41, 5.74) is 3.00. The van der Waals surface area contributed by atoms with Crippen molar-refractivity contribution in [2.75, 3.05) is 10.6 Å². The molecule has 2 aromatic rings. The fourth-order valence-corrected chi connectivity index (χ4v) is 2.42. The molecule has 0 saturated carbocycles. The molecular formula is C17H20BrClN2O. The van der Waals surface area contributed by atoms with Crippen molar-refractivity contribution in [3.63, 3.8) is 0 Å². The Hall–Kier alpha value is -1.52. The molecule has 0 saturated heterocycles. The van der Waals surface area contributed by atoms with Crippen LogP contribution in [0.2, 0.25) is 0 Å². The number of carbonyl (C=O) groups excluding carboxylic acids is 1. The van der Waals surface area contributed by atoms with Crippen LogP contribution < -0.4 is 10.6 Å². The average molecular weight is 384 g/mol. The fraction of sp³-hybridized carbons (Fsp3) is 0.235. The second kappa shape index (κ2) is 9.49. The highest BCUT2D eigenvalue weighted by Gasteiger charge is 2.02. The molecule has 1 amide bonds. The molecule has 0 aromatic heterocycles. The molecule has 2 N–H and O–H groups in total. The highest BCUT2D eigenvalue weighted by Crippen LogP contribution is 2.19. The molecule has 0 fully saturated rings. The molecule has 0 aliphatic carbocycles. The van der Waals surface area contributed by atoms with Gasteiger partial charge in [0.1, 0.15) is 0 Å². The van der Waals surface area contributed by atoms with Gasteiger partial charge >= 0.3 is 0 Å². The molecular weight excluding hydrogens is 364 g/mol. The van der Waals surface area contributed by atoms with E-state index in [9.17, 15) is 4.79 Å². The van der Waals surface area contributed by atoms with E-state index in [-0.39, 0.29) is 18.3 Å². The molecule has 3 nitrogen and oxygen atoms in total. The van der Waals surface area contributed by atoms with E-state index in [1.165, 1.54) is 5.56 Å². The number of hydrogen-bond donors (Lipinski definition) is 2. The lowest BCUT2D eigenvalue weighted by atomic mass is 10.2. The minimum atomic E-state index is 0. The Morgan fingerprint density at radius 2 is 1.82 bits per heavy atom. The second-order valence-electron chi connectivity index (χ2n) is 4.82. The Morgan fingerprint density at radius 3 is 2.55 bits per heavy atom. The van der Waals surface area contributed by atoms with Crippen LogP contribution in [0.15, 0.2) is 53.0 Å². The normalized spacial score (nSPS) is 9.73. The van der Waals surface area contributed by atoms with Gasteiger partial charge in [0.25, 0.3) is 0 Å². The molecule has 0 heterocycles. The minimum absolute atomic E-state index is 0. The van der Waals surface area contributed by atoms with Gasteiger partial charge in [-0.1, -0.05) is 47.1 Å². The summed E-state index contributed by atoms with van der Waals surface area (Å²) in [6.45, 7) is 2.73. The highest BCUT2D eigenvalue weighted by molar-refractivity contribution is 9.10. The van der Waals surface area contributed by atoms with Gasteiger partial charge in [0, 0.05) is 28.8 Å². The van der Waals surface area contributed by atoms with Gasteiger partial charge in [0.2, 0.25) is 5.91 Å². The maximum absolute atomic E-state index is 11.6. The van der Waals surface area contributed by atoms with Crippen molar-refractivity contribution in [3.05, 3.63) is 58.6 Å². The van der Waals surface area contributed by atoms with Crippen LogP contribution in [0, 0.1) is 0 Å². The Morgan fingerprint density at radius 1 is 1.09 bits per heavy atom. The van der Waals surface area contributed by atoms with Crippen molar-refractivity contribution in [1.82, 2.24) is 0 Å². The minimum Gasteiger partial charge on any atom is -0.381 e. The average Bonchev–Trinajstić information content (AvgIpc) is 2.47. The van der Waals surface area contributed by atoms with Crippen molar-refractivity contribution >= 4 is 45.6 Å². The van der Waals surface area contributed by atoms with Crippen LogP contribution >= 0.6 is 28.3 Å². The third-order valence-electron chi connectivity index (χ3n) is 3.06. The zero-order valence-corrected chi connectivity index (χ0v) is 14.8. The predicted molar refractivity (Wildman–Crippen MR) is 98.7 cm³/mol. The maximum atomic E-state index is 11.6. The SMILES string of the molecule is CCCC(=O)Nc1cccc(NCc2ccccc2Br)c1.Cl. The largest absolute Gasteiger partial charge is 0.381 e. The van der Waals surface area contributed by atoms with Crippen molar-refractivity contribution in [1.29, 1.82) is 0 Å². The summed E-state index contributed by atoms with van der Waals surface area (Å²) in [6, 6.07) is 15.9. The van der Waals surface area contributed by atoms with Gasteiger partial charge in [0.15, 0.2) is 0 Å². The zero-order chi connectivity index (χ0) is 15.1. The van der Waals surface area contributed by atoms with Gasteiger partial charge in [-0.3, -0.25) is 4.79 Å². The van der Waals surface area contributed by atoms with E-state index < -0.39 is 0 Å². The molecule has 0 radical (unpaired) electrons. The van der Waals surface area contributed by atoms with Crippen LogP contribution in [0.25, 0.3) is 0 Å². The van der Waals surface area contributed by atoms with E-state index in [1.807, 2.05) is 49.4 Å². The Kier molecular flexibility index (Phi) is 7.99. The number of amides is 1. The molecule has 118 valence electrons. The lowest BCUT2D eigenvalue weighted by Gasteiger charge is -2.10. The highest BCUT2D eigenvalue weighted by atomic mass is 79.9. The Bertz CT molecular complexity index is 619. The summed E-state index contributed by atoms with van der Waals surface area (Å²) >= 11 is 3.54. The second-order valence-corrected chi connectivity index (χ2v) is 5.68. The third kappa shape index (κ3) is 5.70. The van der Waals surface area contributed by atoms with E-state index in [0.29, 0.717) is 6.42 Å². The number of hydrogen-bond acceptors (Lipinski definition) is 2. The van der Waals surface area contributed by atoms with Crippen LogP contribution in [-0.2, 0) is 11.3 Å². The van der Waals surface area contributed by atoms with E-state index in [4.69, 9.17) is 0 Å². The van der Waals surface area contributed by atoms with E-state index in [0.717, 1.165) is 28.8 Å². The lowest BCUT2D eigenvalue weighted by molar-refractivity contribution is -0.116. The Balaban J connectivity index is 0.00000242. The summed E-state index contributed by atoms with van der Waals surface area (Å²) in [5, 5.41) is 6.27. The summed E-state index contributed by atoms with van der Waals surface area (Å²) in [5.74, 6) is 0.0560. The molecule has 0 aliphatic rings. The van der Waals surface area contributed by atoms with Crippen LogP contribution in [0.3, 0.4) is 0 Å². The number of anilines is 2. The van der Waals surface area contributed by atoms with E-state index in [2.05, 4.69) is 32.6 Å². The predicted octanol–water partition coefficient (Wildman–Crippen LogP) is 5.22.